The van der Waals surface area contributed by atoms with Crippen LogP contribution in [0.15, 0.2) is 53.4 Å². The van der Waals surface area contributed by atoms with Crippen molar-refractivity contribution in [1.82, 2.24) is 9.78 Å². The molecule has 0 fully saturated rings. The fourth-order valence-electron chi connectivity index (χ4n) is 2.90. The monoisotopic (exact) mass is 438 g/mol. The summed E-state index contributed by atoms with van der Waals surface area (Å²) in [4.78, 5) is 0.0494. The molecule has 0 aliphatic heterocycles. The number of rotatable bonds is 4. The molecule has 0 atom stereocenters. The van der Waals surface area contributed by atoms with Crippen LogP contribution in [-0.4, -0.2) is 24.5 Å². The van der Waals surface area contributed by atoms with E-state index < -0.39 is 21.7 Å². The number of sulfone groups is 1. The number of aromatic nitrogens is 2. The maximum Gasteiger partial charge on any atom is 0.433 e. The van der Waals surface area contributed by atoms with E-state index in [2.05, 4.69) is 11.0 Å². The fourth-order valence-corrected chi connectivity index (χ4v) is 3.66. The molecular weight excluding hydrogens is 425 g/mol. The lowest BCUT2D eigenvalue weighted by Gasteiger charge is -2.12. The third kappa shape index (κ3) is 4.31. The average Bonchev–Trinajstić information content (AvgIpc) is 3.02. The quantitative estimate of drug-likeness (QED) is 0.543. The lowest BCUT2D eigenvalue weighted by Crippen LogP contribution is -2.15. The highest BCUT2D eigenvalue weighted by Crippen LogP contribution is 2.43. The molecule has 0 aliphatic carbocycles. The zero-order chi connectivity index (χ0) is 21.4. The number of nitrogens with zero attached hydrogens (tertiary/aromatic N) is 2. The fraction of sp³-hybridized carbons (Fsp3) is 0.150. The minimum Gasteiger partial charge on any atom is -0.247 e. The number of benzene rings is 2. The second kappa shape index (κ2) is 7.58. The molecule has 9 heteroatoms. The Bertz CT molecular complexity index is 1190. The first kappa shape index (κ1) is 21.0. The van der Waals surface area contributed by atoms with Crippen LogP contribution in [0.5, 0.6) is 0 Å². The lowest BCUT2D eigenvalue weighted by molar-refractivity contribution is -0.143. The van der Waals surface area contributed by atoms with Crippen molar-refractivity contribution in [2.75, 3.05) is 6.26 Å². The molecule has 3 aromatic rings. The van der Waals surface area contributed by atoms with E-state index in [1.807, 2.05) is 0 Å². The Morgan fingerprint density at radius 1 is 1.07 bits per heavy atom. The van der Waals surface area contributed by atoms with Crippen molar-refractivity contribution < 1.29 is 21.6 Å². The van der Waals surface area contributed by atoms with Gasteiger partial charge in [0.15, 0.2) is 15.5 Å². The van der Waals surface area contributed by atoms with Gasteiger partial charge in [0.25, 0.3) is 0 Å². The first-order valence-electron chi connectivity index (χ1n) is 8.20. The minimum atomic E-state index is -4.72. The Balaban J connectivity index is 2.31. The second-order valence-corrected chi connectivity index (χ2v) is 8.69. The van der Waals surface area contributed by atoms with Crippen LogP contribution in [0.3, 0.4) is 0 Å². The van der Waals surface area contributed by atoms with Crippen molar-refractivity contribution in [1.29, 1.82) is 0 Å². The average molecular weight is 439 g/mol. The van der Waals surface area contributed by atoms with Gasteiger partial charge in [0.2, 0.25) is 0 Å². The molecule has 29 heavy (non-hydrogen) atoms. The summed E-state index contributed by atoms with van der Waals surface area (Å²) >= 11 is 5.87. The van der Waals surface area contributed by atoms with Crippen LogP contribution in [0.25, 0.3) is 22.4 Å². The van der Waals surface area contributed by atoms with E-state index in [1.165, 1.54) is 48.5 Å². The summed E-state index contributed by atoms with van der Waals surface area (Å²) in [5, 5.41) is 4.47. The minimum absolute atomic E-state index is 0.0370. The highest BCUT2D eigenvalue weighted by molar-refractivity contribution is 7.90. The highest BCUT2D eigenvalue weighted by Gasteiger charge is 2.40. The van der Waals surface area contributed by atoms with Crippen molar-refractivity contribution in [3.8, 4) is 34.7 Å². The molecule has 150 valence electrons. The number of hydrogen-bond acceptors (Lipinski definition) is 3. The van der Waals surface area contributed by atoms with Gasteiger partial charge >= 0.3 is 6.18 Å². The summed E-state index contributed by atoms with van der Waals surface area (Å²) in [5.41, 5.74) is -0.526. The van der Waals surface area contributed by atoms with E-state index in [4.69, 9.17) is 18.0 Å². The first-order chi connectivity index (χ1) is 13.5. The van der Waals surface area contributed by atoms with Gasteiger partial charge in [-0.3, -0.25) is 0 Å². The molecule has 0 N–H and O–H groups in total. The predicted octanol–water partition coefficient (Wildman–Crippen LogP) is 4.93. The zero-order valence-corrected chi connectivity index (χ0v) is 16.6. The summed E-state index contributed by atoms with van der Waals surface area (Å²) in [7, 11) is -3.45. The molecule has 3 rings (SSSR count). The van der Waals surface area contributed by atoms with E-state index in [-0.39, 0.29) is 28.3 Å². The van der Waals surface area contributed by atoms with Gasteiger partial charge in [-0.15, -0.1) is 6.42 Å². The summed E-state index contributed by atoms with van der Waals surface area (Å²) in [5.74, 6) is 2.18. The van der Waals surface area contributed by atoms with E-state index >= 15 is 0 Å². The lowest BCUT2D eigenvalue weighted by atomic mass is 9.98. The van der Waals surface area contributed by atoms with Crippen LogP contribution < -0.4 is 0 Å². The SMILES string of the molecule is C#CCn1nc(-c2ccc(S(C)(=O)=O)cc2)c(-c2ccc(Cl)cc2)c1C(F)(F)F. The Hall–Kier alpha value is -2.76. The van der Waals surface area contributed by atoms with Gasteiger partial charge in [-0.25, -0.2) is 13.1 Å². The molecule has 4 nitrogen and oxygen atoms in total. The largest absolute Gasteiger partial charge is 0.433 e. The maximum absolute atomic E-state index is 13.9. The van der Waals surface area contributed by atoms with Gasteiger partial charge < -0.3 is 0 Å². The smallest absolute Gasteiger partial charge is 0.247 e. The third-order valence-electron chi connectivity index (χ3n) is 4.15. The highest BCUT2D eigenvalue weighted by atomic mass is 35.5. The molecule has 0 bridgehead atoms. The van der Waals surface area contributed by atoms with Gasteiger partial charge in [0, 0.05) is 22.4 Å². The zero-order valence-electron chi connectivity index (χ0n) is 15.0. The van der Waals surface area contributed by atoms with Gasteiger partial charge in [-0.05, 0) is 29.8 Å². The topological polar surface area (TPSA) is 52.0 Å². The van der Waals surface area contributed by atoms with Crippen LogP contribution >= 0.6 is 11.6 Å². The molecule has 0 saturated carbocycles. The van der Waals surface area contributed by atoms with Crippen LogP contribution in [0.4, 0.5) is 13.2 Å². The molecule has 2 aromatic carbocycles. The van der Waals surface area contributed by atoms with E-state index in [0.29, 0.717) is 10.6 Å². The van der Waals surface area contributed by atoms with Crippen molar-refractivity contribution in [3.05, 3.63) is 59.2 Å². The Kier molecular flexibility index (Phi) is 5.48. The van der Waals surface area contributed by atoms with E-state index in [0.717, 1.165) is 10.9 Å². The number of alkyl halides is 3. The number of hydrogen-bond donors (Lipinski definition) is 0. The van der Waals surface area contributed by atoms with Crippen molar-refractivity contribution in [2.24, 2.45) is 0 Å². The second-order valence-electron chi connectivity index (χ2n) is 6.24. The van der Waals surface area contributed by atoms with Crippen LogP contribution in [0.2, 0.25) is 5.02 Å². The van der Waals surface area contributed by atoms with E-state index in [9.17, 15) is 21.6 Å². The normalized spacial score (nSPS) is 12.0. The molecule has 0 radical (unpaired) electrons. The van der Waals surface area contributed by atoms with Gasteiger partial charge in [0.1, 0.15) is 12.2 Å². The summed E-state index contributed by atoms with van der Waals surface area (Å²) in [6.07, 6.45) is 1.56. The Morgan fingerprint density at radius 2 is 1.62 bits per heavy atom. The standard InChI is InChI=1S/C20H14ClF3N2O2S/c1-3-12-26-19(20(22,23)24)17(13-4-8-15(21)9-5-13)18(25-26)14-6-10-16(11-7-14)29(2,27)28/h1,4-11H,12H2,2H3. The van der Waals surface area contributed by atoms with Crippen LogP contribution in [0, 0.1) is 12.3 Å². The summed E-state index contributed by atoms with van der Waals surface area (Å²) in [6.45, 7) is -0.378. The van der Waals surface area contributed by atoms with Gasteiger partial charge in [-0.1, -0.05) is 41.8 Å². The van der Waals surface area contributed by atoms with Gasteiger partial charge in [0.05, 0.1) is 4.90 Å². The molecule has 0 saturated heterocycles. The molecule has 0 aliphatic rings. The predicted molar refractivity (Wildman–Crippen MR) is 105 cm³/mol. The third-order valence-corrected chi connectivity index (χ3v) is 5.53. The molecule has 1 aromatic heterocycles. The Labute approximate surface area is 170 Å². The number of terminal acetylenes is 1. The van der Waals surface area contributed by atoms with Crippen molar-refractivity contribution in [3.63, 3.8) is 0 Å². The molecule has 0 spiro atoms. The van der Waals surface area contributed by atoms with Crippen molar-refractivity contribution in [2.45, 2.75) is 17.6 Å². The van der Waals surface area contributed by atoms with E-state index in [1.54, 1.807) is 0 Å². The Morgan fingerprint density at radius 3 is 2.10 bits per heavy atom. The summed E-state index contributed by atoms with van der Waals surface area (Å²) in [6, 6.07) is 11.4. The molecule has 1 heterocycles. The summed E-state index contributed by atoms with van der Waals surface area (Å²) < 4.78 is 65.8. The number of halogens is 4. The molecular formula is C20H14ClF3N2O2S. The first-order valence-corrected chi connectivity index (χ1v) is 10.5. The van der Waals surface area contributed by atoms with Gasteiger partial charge in [-0.2, -0.15) is 18.3 Å². The molecule has 0 unspecified atom stereocenters. The van der Waals surface area contributed by atoms with Crippen LogP contribution in [0.1, 0.15) is 5.69 Å². The van der Waals surface area contributed by atoms with Crippen LogP contribution in [-0.2, 0) is 22.6 Å². The van der Waals surface area contributed by atoms with Crippen molar-refractivity contribution >= 4 is 21.4 Å². The molecule has 0 amide bonds. The maximum atomic E-state index is 13.9.